The highest BCUT2D eigenvalue weighted by Crippen LogP contribution is 2.24. The first-order valence-electron chi connectivity index (χ1n) is 10.7. The predicted octanol–water partition coefficient (Wildman–Crippen LogP) is 4.15. The van der Waals surface area contributed by atoms with E-state index in [0.717, 1.165) is 37.7 Å². The fourth-order valence-electron chi connectivity index (χ4n) is 3.80. The van der Waals surface area contributed by atoms with Crippen LogP contribution in [0.25, 0.3) is 11.7 Å². The van der Waals surface area contributed by atoms with Gasteiger partial charge in [-0.1, -0.05) is 43.0 Å². The number of fused-ring (bicyclic) bond motifs is 1. The maximum atomic E-state index is 13.2. The first-order valence-corrected chi connectivity index (χ1v) is 10.7. The Morgan fingerprint density at radius 3 is 2.66 bits per heavy atom. The van der Waals surface area contributed by atoms with E-state index in [2.05, 4.69) is 10.3 Å². The van der Waals surface area contributed by atoms with Crippen molar-refractivity contribution in [1.29, 1.82) is 5.26 Å². The number of aromatic nitrogens is 2. The zero-order valence-electron chi connectivity index (χ0n) is 17.9. The lowest BCUT2D eigenvalue weighted by Gasteiger charge is -2.22. The van der Waals surface area contributed by atoms with Crippen LogP contribution in [0.3, 0.4) is 0 Å². The Morgan fingerprint density at radius 2 is 1.94 bits per heavy atom. The number of amides is 1. The number of ether oxygens (including phenoxy) is 1. The summed E-state index contributed by atoms with van der Waals surface area (Å²) in [5, 5.41) is 12.6. The Hall–Kier alpha value is -3.92. The summed E-state index contributed by atoms with van der Waals surface area (Å²) in [6.07, 6.45) is 7.93. The molecule has 1 aromatic carbocycles. The molecule has 32 heavy (non-hydrogen) atoms. The van der Waals surface area contributed by atoms with Crippen molar-refractivity contribution in [3.63, 3.8) is 0 Å². The van der Waals surface area contributed by atoms with E-state index in [1.165, 1.54) is 10.5 Å². The molecule has 2 heterocycles. The third kappa shape index (κ3) is 4.70. The summed E-state index contributed by atoms with van der Waals surface area (Å²) in [6, 6.07) is 14.5. The van der Waals surface area contributed by atoms with Gasteiger partial charge in [-0.05, 0) is 50.1 Å². The number of carbonyl (C=O) groups excluding carboxylic acids is 1. The number of aryl methyl sites for hydroxylation is 1. The van der Waals surface area contributed by atoms with Crippen LogP contribution in [0.4, 0.5) is 0 Å². The maximum Gasteiger partial charge on any atom is 0.269 e. The molecule has 4 rings (SSSR count). The first-order chi connectivity index (χ1) is 15.5. The van der Waals surface area contributed by atoms with Crippen LogP contribution in [0.5, 0.6) is 11.6 Å². The molecule has 3 aromatic rings. The van der Waals surface area contributed by atoms with E-state index >= 15 is 0 Å². The first kappa shape index (κ1) is 21.3. The summed E-state index contributed by atoms with van der Waals surface area (Å²) >= 11 is 0. The van der Waals surface area contributed by atoms with Crippen molar-refractivity contribution in [1.82, 2.24) is 14.7 Å². The second-order valence-electron chi connectivity index (χ2n) is 7.96. The van der Waals surface area contributed by atoms with Crippen LogP contribution in [0.2, 0.25) is 0 Å². The van der Waals surface area contributed by atoms with Crippen LogP contribution in [-0.4, -0.2) is 21.3 Å². The standard InChI is InChI=1S/C25H24N4O3/c1-17-10-12-20(13-11-17)32-24-21(25(31)29-14-6-5-9-22(29)28-24)15-18(16-26)23(30)27-19-7-3-2-4-8-19/h5-6,9-15,19H,2-4,7-8H2,1H3,(H,27,30)/b18-15+. The molecular formula is C25H24N4O3. The molecule has 0 radical (unpaired) electrons. The Kier molecular flexibility index (Phi) is 6.31. The third-order valence-corrected chi connectivity index (χ3v) is 5.56. The number of nitrogens with zero attached hydrogens (tertiary/aromatic N) is 3. The summed E-state index contributed by atoms with van der Waals surface area (Å²) in [4.78, 5) is 30.4. The second-order valence-corrected chi connectivity index (χ2v) is 7.96. The molecule has 1 saturated carbocycles. The SMILES string of the molecule is Cc1ccc(Oc2nc3ccccn3c(=O)c2/C=C(\C#N)C(=O)NC2CCCCC2)cc1. The van der Waals surface area contributed by atoms with Gasteiger partial charge in [0, 0.05) is 12.2 Å². The topological polar surface area (TPSA) is 96.5 Å². The lowest BCUT2D eigenvalue weighted by molar-refractivity contribution is -0.117. The van der Waals surface area contributed by atoms with Crippen molar-refractivity contribution in [3.8, 4) is 17.7 Å². The molecule has 162 valence electrons. The number of nitriles is 1. The number of benzene rings is 1. The van der Waals surface area contributed by atoms with Gasteiger partial charge in [-0.2, -0.15) is 10.2 Å². The molecule has 1 amide bonds. The van der Waals surface area contributed by atoms with Gasteiger partial charge in [-0.15, -0.1) is 0 Å². The van der Waals surface area contributed by atoms with Gasteiger partial charge in [-0.3, -0.25) is 14.0 Å². The average molecular weight is 428 g/mol. The summed E-state index contributed by atoms with van der Waals surface area (Å²) in [5.41, 5.74) is 0.941. The summed E-state index contributed by atoms with van der Waals surface area (Å²) in [6.45, 7) is 1.96. The van der Waals surface area contributed by atoms with Crippen LogP contribution in [0.15, 0.2) is 59.0 Å². The van der Waals surface area contributed by atoms with Gasteiger partial charge in [0.1, 0.15) is 28.6 Å². The largest absolute Gasteiger partial charge is 0.438 e. The molecule has 7 nitrogen and oxygen atoms in total. The highest BCUT2D eigenvalue weighted by atomic mass is 16.5. The lowest BCUT2D eigenvalue weighted by Crippen LogP contribution is -2.36. The quantitative estimate of drug-likeness (QED) is 0.486. The molecule has 1 aliphatic carbocycles. The van der Waals surface area contributed by atoms with Gasteiger partial charge in [0.05, 0.1) is 0 Å². The number of pyridine rings is 1. The Labute approximate surface area is 186 Å². The molecule has 0 atom stereocenters. The highest BCUT2D eigenvalue weighted by Gasteiger charge is 2.20. The van der Waals surface area contributed by atoms with E-state index < -0.39 is 11.5 Å². The van der Waals surface area contributed by atoms with Crippen molar-refractivity contribution in [2.45, 2.75) is 45.1 Å². The average Bonchev–Trinajstić information content (AvgIpc) is 2.81. The number of hydrogen-bond donors (Lipinski definition) is 1. The van der Waals surface area contributed by atoms with Crippen LogP contribution < -0.4 is 15.6 Å². The van der Waals surface area contributed by atoms with E-state index in [-0.39, 0.29) is 23.1 Å². The minimum atomic E-state index is -0.488. The molecule has 0 aliphatic heterocycles. The van der Waals surface area contributed by atoms with E-state index in [1.54, 1.807) is 36.5 Å². The van der Waals surface area contributed by atoms with Crippen molar-refractivity contribution in [2.75, 3.05) is 0 Å². The molecule has 1 fully saturated rings. The van der Waals surface area contributed by atoms with Crippen LogP contribution in [0.1, 0.15) is 43.2 Å². The Balaban J connectivity index is 1.75. The molecule has 0 spiro atoms. The molecule has 0 bridgehead atoms. The second kappa shape index (κ2) is 9.48. The van der Waals surface area contributed by atoms with E-state index in [4.69, 9.17) is 4.74 Å². The van der Waals surface area contributed by atoms with Crippen molar-refractivity contribution in [3.05, 3.63) is 75.7 Å². The van der Waals surface area contributed by atoms with Gasteiger partial charge in [-0.25, -0.2) is 0 Å². The molecular weight excluding hydrogens is 404 g/mol. The summed E-state index contributed by atoms with van der Waals surface area (Å²) in [5.74, 6) is 0.0594. The van der Waals surface area contributed by atoms with Gasteiger partial charge >= 0.3 is 0 Å². The van der Waals surface area contributed by atoms with Crippen molar-refractivity contribution >= 4 is 17.6 Å². The van der Waals surface area contributed by atoms with Crippen LogP contribution in [0, 0.1) is 18.3 Å². The monoisotopic (exact) mass is 428 g/mol. The lowest BCUT2D eigenvalue weighted by atomic mass is 9.95. The maximum absolute atomic E-state index is 13.2. The number of rotatable bonds is 5. The summed E-state index contributed by atoms with van der Waals surface area (Å²) < 4.78 is 7.28. The third-order valence-electron chi connectivity index (χ3n) is 5.56. The highest BCUT2D eigenvalue weighted by molar-refractivity contribution is 6.02. The van der Waals surface area contributed by atoms with Crippen LogP contribution >= 0.6 is 0 Å². The molecule has 1 aliphatic rings. The fraction of sp³-hybridized carbons (Fsp3) is 0.280. The minimum Gasteiger partial charge on any atom is -0.438 e. The number of nitrogens with one attached hydrogen (secondary N) is 1. The predicted molar refractivity (Wildman–Crippen MR) is 121 cm³/mol. The van der Waals surface area contributed by atoms with E-state index in [1.807, 2.05) is 25.1 Å². The zero-order valence-corrected chi connectivity index (χ0v) is 17.9. The molecule has 0 saturated heterocycles. The number of hydrogen-bond acceptors (Lipinski definition) is 5. The van der Waals surface area contributed by atoms with E-state index in [9.17, 15) is 14.9 Å². The number of carbonyl (C=O) groups is 1. The van der Waals surface area contributed by atoms with Crippen molar-refractivity contribution in [2.24, 2.45) is 0 Å². The zero-order chi connectivity index (χ0) is 22.5. The van der Waals surface area contributed by atoms with Crippen LogP contribution in [-0.2, 0) is 4.79 Å². The minimum absolute atomic E-state index is 0.0447. The summed E-state index contributed by atoms with van der Waals surface area (Å²) in [7, 11) is 0. The Bertz CT molecular complexity index is 1260. The van der Waals surface area contributed by atoms with Crippen molar-refractivity contribution < 1.29 is 9.53 Å². The van der Waals surface area contributed by atoms with Gasteiger partial charge in [0.25, 0.3) is 11.5 Å². The van der Waals surface area contributed by atoms with E-state index in [0.29, 0.717) is 11.4 Å². The molecule has 1 N–H and O–H groups in total. The smallest absolute Gasteiger partial charge is 0.269 e. The van der Waals surface area contributed by atoms with Gasteiger partial charge in [0.15, 0.2) is 0 Å². The normalized spacial score (nSPS) is 14.7. The fourth-order valence-corrected chi connectivity index (χ4v) is 3.80. The van der Waals surface area contributed by atoms with Gasteiger partial charge < -0.3 is 10.1 Å². The Morgan fingerprint density at radius 1 is 1.19 bits per heavy atom. The molecule has 7 heteroatoms. The van der Waals surface area contributed by atoms with Gasteiger partial charge in [0.2, 0.25) is 5.88 Å². The molecule has 2 aromatic heterocycles. The molecule has 0 unspecified atom stereocenters.